The average Bonchev–Trinajstić information content (AvgIpc) is 2.75. The molecule has 6 nitrogen and oxygen atoms in total. The van der Waals surface area contributed by atoms with Gasteiger partial charge in [-0.05, 0) is 19.3 Å². The molecule has 0 atom stereocenters. The summed E-state index contributed by atoms with van der Waals surface area (Å²) in [7, 11) is -1.80. The molecule has 0 aliphatic carbocycles. The Kier molecular flexibility index (Phi) is 3.62. The molecule has 3 rings (SSSR count). The molecule has 2 aliphatic rings. The van der Waals surface area contributed by atoms with Gasteiger partial charge in [0, 0.05) is 31.1 Å². The Bertz CT molecular complexity index is 641. The van der Waals surface area contributed by atoms with Crippen molar-refractivity contribution >= 4 is 10.0 Å². The van der Waals surface area contributed by atoms with Crippen LogP contribution in [0.15, 0.2) is 5.03 Å². The van der Waals surface area contributed by atoms with Crippen molar-refractivity contribution in [3.8, 4) is 0 Å². The fraction of sp³-hybridized carbons (Fsp3) is 0.786. The lowest BCUT2D eigenvalue weighted by atomic mass is 9.83. The first-order valence-electron chi connectivity index (χ1n) is 7.61. The van der Waals surface area contributed by atoms with E-state index in [9.17, 15) is 8.42 Å². The summed E-state index contributed by atoms with van der Waals surface area (Å²) in [5.74, 6) is 0. The van der Waals surface area contributed by atoms with Crippen LogP contribution in [-0.2, 0) is 34.8 Å². The lowest BCUT2D eigenvalue weighted by Gasteiger charge is -2.51. The Morgan fingerprint density at radius 1 is 1.33 bits per heavy atom. The third-order valence-corrected chi connectivity index (χ3v) is 7.21. The Hall–Kier alpha value is -0.920. The SMILES string of the molecule is CCC1(CC)CCN1S(=O)(=O)c1c2c(nn1C)CCOC2. The lowest BCUT2D eigenvalue weighted by Crippen LogP contribution is -2.61. The van der Waals surface area contributed by atoms with Crippen molar-refractivity contribution < 1.29 is 13.2 Å². The zero-order chi connectivity index (χ0) is 15.3. The molecule has 0 N–H and O–H groups in total. The van der Waals surface area contributed by atoms with Crippen LogP contribution in [0, 0.1) is 0 Å². The number of nitrogens with zero attached hydrogens (tertiary/aromatic N) is 3. The van der Waals surface area contributed by atoms with Crippen LogP contribution in [0.5, 0.6) is 0 Å². The Morgan fingerprint density at radius 2 is 2.05 bits per heavy atom. The number of fused-ring (bicyclic) bond motifs is 1. The molecule has 1 aromatic rings. The molecule has 0 radical (unpaired) electrons. The predicted octanol–water partition coefficient (Wildman–Crippen LogP) is 1.45. The molecule has 21 heavy (non-hydrogen) atoms. The number of aryl methyl sites for hydroxylation is 1. The Labute approximate surface area is 126 Å². The summed E-state index contributed by atoms with van der Waals surface area (Å²) in [4.78, 5) is 0. The van der Waals surface area contributed by atoms with Crippen molar-refractivity contribution in [3.05, 3.63) is 11.3 Å². The summed E-state index contributed by atoms with van der Waals surface area (Å²) in [5, 5.41) is 4.71. The third-order valence-electron chi connectivity index (χ3n) is 5.06. The number of rotatable bonds is 4. The van der Waals surface area contributed by atoms with Gasteiger partial charge in [0.05, 0.1) is 18.9 Å². The van der Waals surface area contributed by atoms with E-state index in [0.29, 0.717) is 31.2 Å². The van der Waals surface area contributed by atoms with Gasteiger partial charge in [0.15, 0.2) is 5.03 Å². The maximum Gasteiger partial charge on any atom is 0.261 e. The first-order valence-corrected chi connectivity index (χ1v) is 9.05. The van der Waals surface area contributed by atoms with Crippen LogP contribution in [0.4, 0.5) is 0 Å². The standard InChI is InChI=1S/C14H23N3O3S/c1-4-14(5-2)7-8-17(14)21(18,19)13-11-10-20-9-6-12(11)15-16(13)3/h4-10H2,1-3H3. The average molecular weight is 313 g/mol. The van der Waals surface area contributed by atoms with Crippen LogP contribution in [0.3, 0.4) is 0 Å². The summed E-state index contributed by atoms with van der Waals surface area (Å²) >= 11 is 0. The van der Waals surface area contributed by atoms with E-state index in [1.54, 1.807) is 11.4 Å². The molecule has 0 aromatic carbocycles. The van der Waals surface area contributed by atoms with Crippen molar-refractivity contribution in [2.45, 2.75) is 56.7 Å². The second kappa shape index (κ2) is 5.07. The minimum Gasteiger partial charge on any atom is -0.376 e. The van der Waals surface area contributed by atoms with Crippen LogP contribution in [0.1, 0.15) is 44.4 Å². The molecule has 0 bridgehead atoms. The quantitative estimate of drug-likeness (QED) is 0.844. The minimum absolute atomic E-state index is 0.217. The largest absolute Gasteiger partial charge is 0.376 e. The summed E-state index contributed by atoms with van der Waals surface area (Å²) in [5.41, 5.74) is 1.39. The predicted molar refractivity (Wildman–Crippen MR) is 78.4 cm³/mol. The summed E-state index contributed by atoms with van der Waals surface area (Å²) in [6.45, 7) is 5.68. The normalized spacial score (nSPS) is 21.9. The van der Waals surface area contributed by atoms with Gasteiger partial charge in [0.2, 0.25) is 0 Å². The molecule has 1 saturated heterocycles. The van der Waals surface area contributed by atoms with Gasteiger partial charge in [-0.25, -0.2) is 8.42 Å². The van der Waals surface area contributed by atoms with Gasteiger partial charge >= 0.3 is 0 Å². The highest BCUT2D eigenvalue weighted by molar-refractivity contribution is 7.89. The van der Waals surface area contributed by atoms with Crippen molar-refractivity contribution in [2.75, 3.05) is 13.2 Å². The smallest absolute Gasteiger partial charge is 0.261 e. The van der Waals surface area contributed by atoms with E-state index < -0.39 is 10.0 Å². The number of aromatic nitrogens is 2. The highest BCUT2D eigenvalue weighted by Crippen LogP contribution is 2.42. The first-order chi connectivity index (χ1) is 9.96. The van der Waals surface area contributed by atoms with E-state index in [1.165, 1.54) is 4.68 Å². The van der Waals surface area contributed by atoms with Crippen molar-refractivity contribution in [1.82, 2.24) is 14.1 Å². The first kappa shape index (κ1) is 15.0. The van der Waals surface area contributed by atoms with Crippen LogP contribution >= 0.6 is 0 Å². The summed E-state index contributed by atoms with van der Waals surface area (Å²) < 4.78 is 34.9. The second-order valence-corrected chi connectivity index (χ2v) is 7.69. The Balaban J connectivity index is 2.06. The van der Waals surface area contributed by atoms with E-state index in [4.69, 9.17) is 4.74 Å². The fourth-order valence-electron chi connectivity index (χ4n) is 3.57. The van der Waals surface area contributed by atoms with Gasteiger partial charge in [0.1, 0.15) is 0 Å². The Morgan fingerprint density at radius 3 is 2.62 bits per heavy atom. The van der Waals surface area contributed by atoms with E-state index in [0.717, 1.165) is 30.5 Å². The monoisotopic (exact) mass is 313 g/mol. The fourth-order valence-corrected chi connectivity index (χ4v) is 5.83. The van der Waals surface area contributed by atoms with Crippen LogP contribution in [-0.4, -0.2) is 41.2 Å². The van der Waals surface area contributed by atoms with E-state index in [1.807, 2.05) is 0 Å². The highest BCUT2D eigenvalue weighted by atomic mass is 32.2. The molecule has 0 unspecified atom stereocenters. The van der Waals surface area contributed by atoms with Gasteiger partial charge in [-0.15, -0.1) is 0 Å². The maximum atomic E-state index is 13.1. The lowest BCUT2D eigenvalue weighted by molar-refractivity contribution is 0.0615. The molecule has 0 saturated carbocycles. The van der Waals surface area contributed by atoms with Gasteiger partial charge in [-0.3, -0.25) is 4.68 Å². The maximum absolute atomic E-state index is 13.1. The van der Waals surface area contributed by atoms with Crippen LogP contribution < -0.4 is 0 Å². The number of ether oxygens (including phenoxy) is 1. The summed E-state index contributed by atoms with van der Waals surface area (Å²) in [6.07, 6.45) is 3.32. The van der Waals surface area contributed by atoms with E-state index in [2.05, 4.69) is 18.9 Å². The zero-order valence-corrected chi connectivity index (χ0v) is 13.7. The van der Waals surface area contributed by atoms with Gasteiger partial charge in [-0.2, -0.15) is 9.40 Å². The van der Waals surface area contributed by atoms with Crippen molar-refractivity contribution in [3.63, 3.8) is 0 Å². The molecular weight excluding hydrogens is 290 g/mol. The van der Waals surface area contributed by atoms with E-state index >= 15 is 0 Å². The third kappa shape index (κ3) is 2.05. The molecular formula is C14H23N3O3S. The molecule has 118 valence electrons. The van der Waals surface area contributed by atoms with E-state index in [-0.39, 0.29) is 5.54 Å². The minimum atomic E-state index is -3.51. The van der Waals surface area contributed by atoms with Crippen molar-refractivity contribution in [1.29, 1.82) is 0 Å². The molecule has 2 aliphatic heterocycles. The van der Waals surface area contributed by atoms with Gasteiger partial charge in [-0.1, -0.05) is 13.8 Å². The highest BCUT2D eigenvalue weighted by Gasteiger charge is 2.50. The molecule has 1 aromatic heterocycles. The van der Waals surface area contributed by atoms with Crippen LogP contribution in [0.25, 0.3) is 0 Å². The number of hydrogen-bond donors (Lipinski definition) is 0. The topological polar surface area (TPSA) is 64.4 Å². The van der Waals surface area contributed by atoms with Crippen LogP contribution in [0.2, 0.25) is 0 Å². The van der Waals surface area contributed by atoms with Crippen molar-refractivity contribution in [2.24, 2.45) is 7.05 Å². The second-order valence-electron chi connectivity index (χ2n) is 5.92. The number of sulfonamides is 1. The molecule has 7 heteroatoms. The summed E-state index contributed by atoms with van der Waals surface area (Å²) in [6, 6.07) is 0. The zero-order valence-electron chi connectivity index (χ0n) is 12.9. The molecule has 0 amide bonds. The number of hydrogen-bond acceptors (Lipinski definition) is 4. The van der Waals surface area contributed by atoms with Gasteiger partial charge in [0.25, 0.3) is 10.0 Å². The van der Waals surface area contributed by atoms with Gasteiger partial charge < -0.3 is 4.74 Å². The molecule has 1 fully saturated rings. The molecule has 3 heterocycles. The molecule has 0 spiro atoms.